The first-order chi connectivity index (χ1) is 22.2. The second-order valence-electron chi connectivity index (χ2n) is 12.0. The number of piperidine rings is 1. The highest BCUT2D eigenvalue weighted by atomic mass is 32.2. The van der Waals surface area contributed by atoms with Crippen molar-refractivity contribution in [3.8, 4) is 0 Å². The number of aliphatic hydroxyl groups excluding tert-OH is 2. The van der Waals surface area contributed by atoms with Gasteiger partial charge in [-0.05, 0) is 70.3 Å². The number of carbonyl (C=O) groups is 4. The van der Waals surface area contributed by atoms with Gasteiger partial charge in [0.1, 0.15) is 0 Å². The molecule has 4 rings (SSSR count). The van der Waals surface area contributed by atoms with Crippen LogP contribution in [0.3, 0.4) is 0 Å². The summed E-state index contributed by atoms with van der Waals surface area (Å²) in [6.45, 7) is 5.79. The number of carboxylic acid groups (broad SMARTS) is 2. The molecule has 0 bridgehead atoms. The van der Waals surface area contributed by atoms with Crippen LogP contribution in [0.4, 0.5) is 5.69 Å². The first-order valence-corrected chi connectivity index (χ1v) is 17.3. The van der Waals surface area contributed by atoms with Gasteiger partial charge in [-0.2, -0.15) is 0 Å². The van der Waals surface area contributed by atoms with Crippen molar-refractivity contribution in [3.05, 3.63) is 34.4 Å². The molecule has 2 unspecified atom stereocenters. The molecule has 2 amide bonds. The number of benzene rings is 1. The lowest BCUT2D eigenvalue weighted by molar-refractivity contribution is -0.384. The molecule has 5 atom stereocenters. The molecular formula is C30H44N4O12S. The predicted molar refractivity (Wildman–Crippen MR) is 165 cm³/mol. The Morgan fingerprint density at radius 1 is 0.957 bits per heavy atom. The topological polar surface area (TPSA) is 236 Å². The average Bonchev–Trinajstić information content (AvgIpc) is 3.58. The zero-order chi connectivity index (χ0) is 34.9. The van der Waals surface area contributed by atoms with E-state index in [2.05, 4.69) is 4.90 Å². The molecule has 1 aromatic rings. The fraction of sp³-hybridized carbons (Fsp3) is 0.667. The number of fused-ring (bicyclic) bond motifs is 1. The van der Waals surface area contributed by atoms with Crippen molar-refractivity contribution in [1.82, 2.24) is 14.1 Å². The van der Waals surface area contributed by atoms with Crippen LogP contribution in [0, 0.1) is 16.0 Å². The lowest BCUT2D eigenvalue weighted by Gasteiger charge is -2.28. The van der Waals surface area contributed by atoms with Crippen LogP contribution >= 0.6 is 0 Å². The van der Waals surface area contributed by atoms with E-state index >= 15 is 0 Å². The molecule has 16 nitrogen and oxygen atoms in total. The van der Waals surface area contributed by atoms with Crippen LogP contribution in [0.2, 0.25) is 0 Å². The maximum Gasteiger partial charge on any atom is 0.335 e. The number of sulfonamides is 1. The number of aliphatic carboxylic acids is 2. The molecule has 3 saturated heterocycles. The Morgan fingerprint density at radius 2 is 1.55 bits per heavy atom. The molecule has 1 aromatic carbocycles. The molecule has 0 saturated carbocycles. The predicted octanol–water partition coefficient (Wildman–Crippen LogP) is 1.44. The smallest absolute Gasteiger partial charge is 0.335 e. The number of aliphatic hydroxyl groups is 2. The largest absolute Gasteiger partial charge is 0.479 e. The van der Waals surface area contributed by atoms with Crippen LogP contribution in [0.25, 0.3) is 0 Å². The second kappa shape index (κ2) is 16.9. The Labute approximate surface area is 273 Å². The molecule has 3 aliphatic rings. The van der Waals surface area contributed by atoms with Crippen molar-refractivity contribution in [2.24, 2.45) is 5.92 Å². The molecule has 4 N–H and O–H groups in total. The number of hydrogen-bond acceptors (Lipinski definition) is 11. The van der Waals surface area contributed by atoms with Gasteiger partial charge in [-0.15, -0.1) is 0 Å². The van der Waals surface area contributed by atoms with E-state index in [0.29, 0.717) is 32.2 Å². The molecule has 262 valence electrons. The van der Waals surface area contributed by atoms with E-state index in [4.69, 9.17) is 20.4 Å². The summed E-state index contributed by atoms with van der Waals surface area (Å²) in [6.07, 6.45) is 4.17. The first kappa shape index (κ1) is 37.8. The van der Waals surface area contributed by atoms with Gasteiger partial charge in [-0.3, -0.25) is 19.7 Å². The van der Waals surface area contributed by atoms with Gasteiger partial charge in [0.05, 0.1) is 27.8 Å². The summed E-state index contributed by atoms with van der Waals surface area (Å²) in [6, 6.07) is 3.54. The Kier molecular flexibility index (Phi) is 13.6. The number of nitro groups is 1. The lowest BCUT2D eigenvalue weighted by atomic mass is 9.94. The van der Waals surface area contributed by atoms with E-state index in [1.54, 1.807) is 4.90 Å². The van der Waals surface area contributed by atoms with Gasteiger partial charge in [0.2, 0.25) is 11.8 Å². The summed E-state index contributed by atoms with van der Waals surface area (Å²) in [4.78, 5) is 60.6. The van der Waals surface area contributed by atoms with E-state index in [9.17, 15) is 37.7 Å². The van der Waals surface area contributed by atoms with E-state index < -0.39 is 63.0 Å². The number of carboxylic acids is 2. The summed E-state index contributed by atoms with van der Waals surface area (Å²) in [7, 11) is -4.20. The van der Waals surface area contributed by atoms with Crippen molar-refractivity contribution in [2.75, 3.05) is 26.2 Å². The summed E-state index contributed by atoms with van der Waals surface area (Å²) in [5.41, 5.74) is -0.220. The Hall–Kier alpha value is -3.67. The van der Waals surface area contributed by atoms with Crippen molar-refractivity contribution in [2.45, 2.75) is 100 Å². The van der Waals surface area contributed by atoms with Crippen molar-refractivity contribution in [1.29, 1.82) is 0 Å². The highest BCUT2D eigenvalue weighted by Gasteiger charge is 2.58. The third kappa shape index (κ3) is 9.24. The van der Waals surface area contributed by atoms with Crippen molar-refractivity contribution >= 4 is 39.5 Å². The van der Waals surface area contributed by atoms with Gasteiger partial charge in [0.15, 0.2) is 12.2 Å². The summed E-state index contributed by atoms with van der Waals surface area (Å²) < 4.78 is 28.0. The minimum Gasteiger partial charge on any atom is -0.479 e. The van der Waals surface area contributed by atoms with Crippen molar-refractivity contribution in [3.63, 3.8) is 0 Å². The standard InChI is InChI=1S/C26H38N4O6S.C4H6O6/c1-2-9-22-25-23(29(26(22)32)37(35,36)21-13-11-20(12-14-21)30(33)34)15-19-28(25)24(31)10-5-3-6-16-27-17-7-4-8-18-27;5-1(3(7)8)2(6)4(9)10/h11-14,22-23,25H,2-10,15-19H2,1H3;1-2,5-6H,(H,7,8)(H,9,10)/t22-,23+,25-;/m1./s1. The van der Waals surface area contributed by atoms with Gasteiger partial charge < -0.3 is 30.2 Å². The number of amides is 2. The van der Waals surface area contributed by atoms with Crippen LogP contribution in [0.5, 0.6) is 0 Å². The molecule has 17 heteroatoms. The van der Waals surface area contributed by atoms with Gasteiger partial charge in [0, 0.05) is 25.1 Å². The van der Waals surface area contributed by atoms with E-state index in [1.807, 2.05) is 6.92 Å². The second-order valence-corrected chi connectivity index (χ2v) is 13.8. The number of nitro benzene ring substituents is 1. The molecule has 3 heterocycles. The normalized spacial score (nSPS) is 22.6. The van der Waals surface area contributed by atoms with Crippen LogP contribution in [0.1, 0.15) is 71.1 Å². The Balaban J connectivity index is 0.000000520. The maximum absolute atomic E-state index is 13.5. The number of rotatable bonds is 14. The van der Waals surface area contributed by atoms with Crippen LogP contribution < -0.4 is 0 Å². The molecule has 0 spiro atoms. The zero-order valence-electron chi connectivity index (χ0n) is 26.3. The molecule has 0 aromatic heterocycles. The van der Waals surface area contributed by atoms with Gasteiger partial charge in [0.25, 0.3) is 15.7 Å². The molecule has 0 aliphatic carbocycles. The molecule has 47 heavy (non-hydrogen) atoms. The average molecular weight is 685 g/mol. The molecule has 3 fully saturated rings. The molecule has 0 radical (unpaired) electrons. The Bertz CT molecular complexity index is 1370. The van der Waals surface area contributed by atoms with E-state index in [-0.39, 0.29) is 16.5 Å². The van der Waals surface area contributed by atoms with Gasteiger partial charge >= 0.3 is 11.9 Å². The quantitative estimate of drug-likeness (QED) is 0.123. The van der Waals surface area contributed by atoms with Gasteiger partial charge in [-0.25, -0.2) is 22.3 Å². The summed E-state index contributed by atoms with van der Waals surface area (Å²) in [5.74, 6) is -4.58. The SMILES string of the molecule is CCC[C@H]1C(=O)N(S(=O)(=O)c2ccc([N+](=O)[O-])cc2)[C@H]2CCN(C(=O)CCCCCN3CCCCC3)[C@H]12.O=C(O)C(O)C(O)C(=O)O. The molecule has 3 aliphatic heterocycles. The van der Waals surface area contributed by atoms with Crippen LogP contribution in [0.15, 0.2) is 29.2 Å². The number of carbonyl (C=O) groups excluding carboxylic acids is 2. The summed E-state index contributed by atoms with van der Waals surface area (Å²) >= 11 is 0. The number of hydrogen-bond donors (Lipinski definition) is 4. The minimum absolute atomic E-state index is 0.00559. The molecular weight excluding hydrogens is 640 g/mol. The fourth-order valence-corrected chi connectivity index (χ4v) is 8.11. The number of likely N-dealkylation sites (tertiary alicyclic amines) is 2. The van der Waals surface area contributed by atoms with Crippen LogP contribution in [-0.4, -0.2) is 122 Å². The minimum atomic E-state index is -4.20. The number of nitrogens with zero attached hydrogens (tertiary/aromatic N) is 4. The summed E-state index contributed by atoms with van der Waals surface area (Å²) in [5, 5.41) is 43.5. The highest BCUT2D eigenvalue weighted by Crippen LogP contribution is 2.42. The van der Waals surface area contributed by atoms with E-state index in [0.717, 1.165) is 42.2 Å². The third-order valence-corrected chi connectivity index (χ3v) is 10.6. The number of unbranched alkanes of at least 4 members (excludes halogenated alkanes) is 2. The zero-order valence-corrected chi connectivity index (χ0v) is 27.2. The highest BCUT2D eigenvalue weighted by molar-refractivity contribution is 7.89. The van der Waals surface area contributed by atoms with Gasteiger partial charge in [-0.1, -0.05) is 26.2 Å². The van der Waals surface area contributed by atoms with Crippen LogP contribution in [-0.2, 0) is 29.2 Å². The van der Waals surface area contributed by atoms with E-state index in [1.165, 1.54) is 44.5 Å². The number of non-ortho nitro benzene ring substituents is 1. The third-order valence-electron chi connectivity index (χ3n) is 8.81. The lowest BCUT2D eigenvalue weighted by Crippen LogP contribution is -2.43. The maximum atomic E-state index is 13.5. The first-order valence-electron chi connectivity index (χ1n) is 15.9. The Morgan fingerprint density at radius 3 is 2.09 bits per heavy atom. The van der Waals surface area contributed by atoms with Crippen molar-refractivity contribution < 1.29 is 52.9 Å². The monoisotopic (exact) mass is 684 g/mol. The fourth-order valence-electron chi connectivity index (χ4n) is 6.44.